The predicted molar refractivity (Wildman–Crippen MR) is 120 cm³/mol. The molecule has 1 aromatic heterocycles. The first kappa shape index (κ1) is 23.8. The van der Waals surface area contributed by atoms with Gasteiger partial charge in [0.05, 0.1) is 18.1 Å². The summed E-state index contributed by atoms with van der Waals surface area (Å²) in [6, 6.07) is 5.68. The van der Waals surface area contributed by atoms with Crippen LogP contribution in [0.15, 0.2) is 30.5 Å². The molecule has 0 radical (unpaired) electrons. The zero-order valence-electron chi connectivity index (χ0n) is 18.6. The van der Waals surface area contributed by atoms with E-state index in [1.165, 1.54) is 31.5 Å². The minimum absolute atomic E-state index is 0.259. The number of rotatable bonds is 4. The SMILES string of the molecule is COc1ccc(F)cc1-c1cc(NC(=O)C2CCCN(C(=O)OC(C)(C)C)C2)ncc1Cl. The highest BCUT2D eigenvalue weighted by atomic mass is 35.5. The average Bonchev–Trinajstić information content (AvgIpc) is 2.74. The van der Waals surface area contributed by atoms with Crippen molar-refractivity contribution in [3.63, 3.8) is 0 Å². The second kappa shape index (κ2) is 9.73. The Morgan fingerprint density at radius 3 is 2.69 bits per heavy atom. The molecule has 0 saturated carbocycles. The molecule has 32 heavy (non-hydrogen) atoms. The quantitative estimate of drug-likeness (QED) is 0.679. The number of nitrogens with one attached hydrogen (secondary N) is 1. The fourth-order valence-electron chi connectivity index (χ4n) is 3.52. The van der Waals surface area contributed by atoms with Crippen LogP contribution < -0.4 is 10.1 Å². The Bertz CT molecular complexity index is 1010. The molecule has 2 aromatic rings. The number of carbonyl (C=O) groups is 2. The van der Waals surface area contributed by atoms with E-state index in [-0.39, 0.29) is 18.3 Å². The highest BCUT2D eigenvalue weighted by Gasteiger charge is 2.31. The van der Waals surface area contributed by atoms with Crippen molar-refractivity contribution >= 4 is 29.4 Å². The summed E-state index contributed by atoms with van der Waals surface area (Å²) in [5, 5.41) is 3.08. The van der Waals surface area contributed by atoms with Crippen molar-refractivity contribution < 1.29 is 23.5 Å². The molecular weight excluding hydrogens is 437 g/mol. The Morgan fingerprint density at radius 2 is 2.00 bits per heavy atom. The van der Waals surface area contributed by atoms with Gasteiger partial charge in [-0.15, -0.1) is 0 Å². The van der Waals surface area contributed by atoms with Crippen molar-refractivity contribution in [3.8, 4) is 16.9 Å². The minimum Gasteiger partial charge on any atom is -0.496 e. The Hall–Kier alpha value is -2.87. The standard InChI is InChI=1S/C23H27ClFN3O4/c1-23(2,3)32-22(30)28-9-5-6-14(13-28)21(29)27-20-11-16(18(24)12-26-20)17-10-15(25)7-8-19(17)31-4/h7-8,10-12,14H,5-6,9,13H2,1-4H3,(H,26,27,29). The highest BCUT2D eigenvalue weighted by molar-refractivity contribution is 6.33. The van der Waals surface area contributed by atoms with Crippen molar-refractivity contribution in [2.75, 3.05) is 25.5 Å². The van der Waals surface area contributed by atoms with Gasteiger partial charge in [0.15, 0.2) is 0 Å². The average molecular weight is 464 g/mol. The fraction of sp³-hybridized carbons (Fsp3) is 0.435. The number of ether oxygens (including phenoxy) is 2. The van der Waals surface area contributed by atoms with Gasteiger partial charge in [0.25, 0.3) is 0 Å². The summed E-state index contributed by atoms with van der Waals surface area (Å²) in [6.45, 7) is 6.21. The zero-order chi connectivity index (χ0) is 23.5. The number of amides is 2. The Morgan fingerprint density at radius 1 is 1.25 bits per heavy atom. The van der Waals surface area contributed by atoms with Crippen LogP contribution in [-0.2, 0) is 9.53 Å². The molecule has 1 aromatic carbocycles. The van der Waals surface area contributed by atoms with Crippen molar-refractivity contribution in [1.82, 2.24) is 9.88 Å². The maximum atomic E-state index is 13.8. The van der Waals surface area contributed by atoms with Gasteiger partial charge in [-0.2, -0.15) is 0 Å². The van der Waals surface area contributed by atoms with Crippen LogP contribution in [0.4, 0.5) is 15.0 Å². The van der Waals surface area contributed by atoms with E-state index in [2.05, 4.69) is 10.3 Å². The van der Waals surface area contributed by atoms with E-state index in [0.717, 1.165) is 0 Å². The maximum Gasteiger partial charge on any atom is 0.410 e. The largest absolute Gasteiger partial charge is 0.496 e. The van der Waals surface area contributed by atoms with Gasteiger partial charge in [0, 0.05) is 30.4 Å². The first-order valence-corrected chi connectivity index (χ1v) is 10.7. The lowest BCUT2D eigenvalue weighted by atomic mass is 9.97. The molecule has 1 unspecified atom stereocenters. The Balaban J connectivity index is 1.75. The first-order valence-electron chi connectivity index (χ1n) is 10.4. The van der Waals surface area contributed by atoms with Crippen LogP contribution >= 0.6 is 11.6 Å². The van der Waals surface area contributed by atoms with Gasteiger partial charge >= 0.3 is 6.09 Å². The highest BCUT2D eigenvalue weighted by Crippen LogP contribution is 2.36. The summed E-state index contributed by atoms with van der Waals surface area (Å²) in [4.78, 5) is 31.0. The van der Waals surface area contributed by atoms with Gasteiger partial charge in [-0.3, -0.25) is 4.79 Å². The number of benzene rings is 1. The Labute approximate surface area is 191 Å². The van der Waals surface area contributed by atoms with Crippen LogP contribution in [0, 0.1) is 11.7 Å². The summed E-state index contributed by atoms with van der Waals surface area (Å²) in [6.07, 6.45) is 2.30. The van der Waals surface area contributed by atoms with E-state index in [1.807, 2.05) is 0 Å². The Kier molecular flexibility index (Phi) is 7.23. The van der Waals surface area contributed by atoms with Crippen molar-refractivity contribution in [2.24, 2.45) is 5.92 Å². The molecule has 2 heterocycles. The molecule has 172 valence electrons. The number of hydrogen-bond donors (Lipinski definition) is 1. The number of hydrogen-bond acceptors (Lipinski definition) is 5. The number of halogens is 2. The van der Waals surface area contributed by atoms with Crippen molar-refractivity contribution in [2.45, 2.75) is 39.2 Å². The van der Waals surface area contributed by atoms with E-state index in [4.69, 9.17) is 21.1 Å². The number of aromatic nitrogens is 1. The zero-order valence-corrected chi connectivity index (χ0v) is 19.3. The molecule has 7 nitrogen and oxygen atoms in total. The first-order chi connectivity index (χ1) is 15.1. The molecule has 1 saturated heterocycles. The number of anilines is 1. The van der Waals surface area contributed by atoms with E-state index in [0.29, 0.717) is 41.3 Å². The summed E-state index contributed by atoms with van der Waals surface area (Å²) in [7, 11) is 1.48. The van der Waals surface area contributed by atoms with E-state index >= 15 is 0 Å². The van der Waals surface area contributed by atoms with Gasteiger partial charge in [-0.25, -0.2) is 14.2 Å². The second-order valence-corrected chi connectivity index (χ2v) is 9.06. The monoisotopic (exact) mass is 463 g/mol. The van der Waals surface area contributed by atoms with Gasteiger partial charge in [0.1, 0.15) is 23.0 Å². The third kappa shape index (κ3) is 5.88. The van der Waals surface area contributed by atoms with Crippen LogP contribution in [0.1, 0.15) is 33.6 Å². The number of likely N-dealkylation sites (tertiary alicyclic amines) is 1. The van der Waals surface area contributed by atoms with Crippen LogP contribution in [0.3, 0.4) is 0 Å². The third-order valence-electron chi connectivity index (χ3n) is 5.00. The maximum absolute atomic E-state index is 13.8. The van der Waals surface area contributed by atoms with E-state index in [9.17, 15) is 14.0 Å². The number of carbonyl (C=O) groups excluding carboxylic acids is 2. The van der Waals surface area contributed by atoms with Gasteiger partial charge in [-0.05, 0) is 57.9 Å². The lowest BCUT2D eigenvalue weighted by Gasteiger charge is -2.33. The molecule has 2 amide bonds. The summed E-state index contributed by atoms with van der Waals surface area (Å²) in [5.41, 5.74) is 0.324. The summed E-state index contributed by atoms with van der Waals surface area (Å²) >= 11 is 6.29. The van der Waals surface area contributed by atoms with Crippen molar-refractivity contribution in [1.29, 1.82) is 0 Å². The number of pyridine rings is 1. The molecule has 0 spiro atoms. The molecule has 1 fully saturated rings. The van der Waals surface area contributed by atoms with Gasteiger partial charge in [-0.1, -0.05) is 11.6 Å². The number of nitrogens with zero attached hydrogens (tertiary/aromatic N) is 2. The van der Waals surface area contributed by atoms with E-state index < -0.39 is 23.4 Å². The van der Waals surface area contributed by atoms with Crippen LogP contribution in [0.25, 0.3) is 11.1 Å². The van der Waals surface area contributed by atoms with Crippen LogP contribution in [0.2, 0.25) is 5.02 Å². The second-order valence-electron chi connectivity index (χ2n) is 8.65. The fourth-order valence-corrected chi connectivity index (χ4v) is 3.72. The molecule has 9 heteroatoms. The van der Waals surface area contributed by atoms with Gasteiger partial charge < -0.3 is 19.7 Å². The molecule has 0 bridgehead atoms. The normalized spacial score (nSPS) is 16.4. The lowest BCUT2D eigenvalue weighted by Crippen LogP contribution is -2.45. The van der Waals surface area contributed by atoms with E-state index in [1.54, 1.807) is 31.7 Å². The predicted octanol–water partition coefficient (Wildman–Crippen LogP) is 5.14. The van der Waals surface area contributed by atoms with Gasteiger partial charge in [0.2, 0.25) is 5.91 Å². The molecular formula is C23H27ClFN3O4. The molecule has 1 aliphatic heterocycles. The topological polar surface area (TPSA) is 80.8 Å². The molecule has 0 aliphatic carbocycles. The summed E-state index contributed by atoms with van der Waals surface area (Å²) < 4.78 is 24.6. The number of piperidine rings is 1. The smallest absolute Gasteiger partial charge is 0.410 e. The minimum atomic E-state index is -0.603. The van der Waals surface area contributed by atoms with Crippen molar-refractivity contribution in [3.05, 3.63) is 41.3 Å². The van der Waals surface area contributed by atoms with Crippen LogP contribution in [-0.4, -0.2) is 47.7 Å². The van der Waals surface area contributed by atoms with Crippen LogP contribution in [0.5, 0.6) is 5.75 Å². The lowest BCUT2D eigenvalue weighted by molar-refractivity contribution is -0.121. The number of methoxy groups -OCH3 is 1. The third-order valence-corrected chi connectivity index (χ3v) is 5.30. The summed E-state index contributed by atoms with van der Waals surface area (Å²) in [5.74, 6) is -0.387. The molecule has 1 aliphatic rings. The molecule has 1 atom stereocenters. The molecule has 1 N–H and O–H groups in total. The molecule has 3 rings (SSSR count).